The number of anilines is 1. The van der Waals surface area contributed by atoms with Gasteiger partial charge in [-0.15, -0.1) is 0 Å². The van der Waals surface area contributed by atoms with E-state index >= 15 is 0 Å². The molecule has 0 bridgehead atoms. The van der Waals surface area contributed by atoms with Crippen molar-refractivity contribution in [3.05, 3.63) is 30.1 Å². The van der Waals surface area contributed by atoms with E-state index in [1.54, 1.807) is 0 Å². The molecule has 3 aliphatic heterocycles. The van der Waals surface area contributed by atoms with Crippen LogP contribution in [0.25, 0.3) is 0 Å². The van der Waals surface area contributed by atoms with Crippen LogP contribution in [0.15, 0.2) is 24.3 Å². The van der Waals surface area contributed by atoms with Gasteiger partial charge in [0.2, 0.25) is 11.8 Å². The topological polar surface area (TPSA) is 47.1 Å². The molecule has 0 N–H and O–H groups in total. The average Bonchev–Trinajstić information content (AvgIpc) is 2.81. The number of hydrogen-bond acceptors (Lipinski definition) is 4. The summed E-state index contributed by atoms with van der Waals surface area (Å²) in [5.41, 5.74) is 1.08. The van der Waals surface area contributed by atoms with Gasteiger partial charge in [0, 0.05) is 76.9 Å². The molecule has 0 aromatic heterocycles. The fourth-order valence-corrected chi connectivity index (χ4v) is 5.15. The number of hydrogen-bond donors (Lipinski definition) is 0. The molecule has 1 aromatic carbocycles. The second kappa shape index (κ2) is 10.4. The van der Waals surface area contributed by atoms with Gasteiger partial charge in [-0.3, -0.25) is 14.5 Å². The zero-order valence-electron chi connectivity index (χ0n) is 18.5. The molecule has 4 rings (SSSR count). The minimum atomic E-state index is -0.197. The molecule has 0 radical (unpaired) electrons. The van der Waals surface area contributed by atoms with Gasteiger partial charge < -0.3 is 14.7 Å². The second-order valence-electron chi connectivity index (χ2n) is 9.08. The van der Waals surface area contributed by atoms with Gasteiger partial charge in [0.1, 0.15) is 5.82 Å². The summed E-state index contributed by atoms with van der Waals surface area (Å²) in [5, 5.41) is 0. The molecule has 3 fully saturated rings. The lowest BCUT2D eigenvalue weighted by Gasteiger charge is -2.44. The van der Waals surface area contributed by atoms with E-state index in [0.29, 0.717) is 25.4 Å². The van der Waals surface area contributed by atoms with Crippen LogP contribution in [0.4, 0.5) is 10.1 Å². The Morgan fingerprint density at radius 1 is 0.968 bits per heavy atom. The van der Waals surface area contributed by atoms with Gasteiger partial charge in [0.15, 0.2) is 0 Å². The molecule has 31 heavy (non-hydrogen) atoms. The molecule has 170 valence electrons. The molecule has 1 unspecified atom stereocenters. The fraction of sp³-hybridized carbons (Fsp3) is 0.667. The SMILES string of the molecule is O=C1CCCCN1CCCC(=O)N1CCCC(N2CCN(c3ccc(F)cc3)CC2)C1. The Morgan fingerprint density at radius 3 is 2.48 bits per heavy atom. The third kappa shape index (κ3) is 5.76. The van der Waals surface area contributed by atoms with Crippen LogP contribution in [0.5, 0.6) is 0 Å². The van der Waals surface area contributed by atoms with Crippen molar-refractivity contribution in [1.82, 2.24) is 14.7 Å². The summed E-state index contributed by atoms with van der Waals surface area (Å²) >= 11 is 0. The minimum Gasteiger partial charge on any atom is -0.369 e. The molecule has 0 aliphatic carbocycles. The molecule has 3 saturated heterocycles. The summed E-state index contributed by atoms with van der Waals surface area (Å²) in [4.78, 5) is 33.5. The molecule has 1 aromatic rings. The lowest BCUT2D eigenvalue weighted by atomic mass is 10.0. The van der Waals surface area contributed by atoms with E-state index in [-0.39, 0.29) is 17.6 Å². The van der Waals surface area contributed by atoms with E-state index in [0.717, 1.165) is 83.6 Å². The van der Waals surface area contributed by atoms with E-state index in [1.165, 1.54) is 12.1 Å². The Balaban J connectivity index is 1.20. The van der Waals surface area contributed by atoms with Crippen molar-refractivity contribution in [2.45, 2.75) is 51.0 Å². The maximum atomic E-state index is 13.2. The van der Waals surface area contributed by atoms with Crippen molar-refractivity contribution in [2.24, 2.45) is 0 Å². The van der Waals surface area contributed by atoms with Crippen LogP contribution in [0.3, 0.4) is 0 Å². The van der Waals surface area contributed by atoms with E-state index < -0.39 is 0 Å². The Hall–Kier alpha value is -2.15. The molecule has 6 nitrogen and oxygen atoms in total. The number of halogens is 1. The van der Waals surface area contributed by atoms with Gasteiger partial charge in [0.05, 0.1) is 0 Å². The highest BCUT2D eigenvalue weighted by Crippen LogP contribution is 2.22. The number of piperazine rings is 1. The third-order valence-corrected chi connectivity index (χ3v) is 7.01. The van der Waals surface area contributed by atoms with Crippen LogP contribution in [0.2, 0.25) is 0 Å². The average molecular weight is 431 g/mol. The van der Waals surface area contributed by atoms with Crippen molar-refractivity contribution in [1.29, 1.82) is 0 Å². The largest absolute Gasteiger partial charge is 0.369 e. The number of benzene rings is 1. The summed E-state index contributed by atoms with van der Waals surface area (Å²) in [5.74, 6) is 0.285. The van der Waals surface area contributed by atoms with Crippen LogP contribution in [0.1, 0.15) is 44.9 Å². The van der Waals surface area contributed by atoms with Crippen LogP contribution >= 0.6 is 0 Å². The van der Waals surface area contributed by atoms with Crippen molar-refractivity contribution < 1.29 is 14.0 Å². The molecule has 3 heterocycles. The first-order valence-corrected chi connectivity index (χ1v) is 11.9. The number of carbonyl (C=O) groups is 2. The molecule has 7 heteroatoms. The quantitative estimate of drug-likeness (QED) is 0.696. The fourth-order valence-electron chi connectivity index (χ4n) is 5.15. The Bertz CT molecular complexity index is 748. The molecule has 0 spiro atoms. The van der Waals surface area contributed by atoms with Gasteiger partial charge >= 0.3 is 0 Å². The zero-order valence-corrected chi connectivity index (χ0v) is 18.5. The second-order valence-corrected chi connectivity index (χ2v) is 9.08. The van der Waals surface area contributed by atoms with E-state index in [2.05, 4.69) is 9.80 Å². The van der Waals surface area contributed by atoms with Crippen molar-refractivity contribution >= 4 is 17.5 Å². The predicted molar refractivity (Wildman–Crippen MR) is 119 cm³/mol. The summed E-state index contributed by atoms with van der Waals surface area (Å²) in [6.45, 7) is 7.05. The predicted octanol–water partition coefficient (Wildman–Crippen LogP) is 2.73. The van der Waals surface area contributed by atoms with Crippen LogP contribution in [-0.2, 0) is 9.59 Å². The molecule has 2 amide bonds. The number of piperidine rings is 2. The molecular weight excluding hydrogens is 395 g/mol. The highest BCUT2D eigenvalue weighted by Gasteiger charge is 2.30. The van der Waals surface area contributed by atoms with Crippen LogP contribution in [-0.4, -0.2) is 84.9 Å². The summed E-state index contributed by atoms with van der Waals surface area (Å²) in [6.07, 6.45) is 6.25. The van der Waals surface area contributed by atoms with Gasteiger partial charge in [-0.05, 0) is 56.4 Å². The highest BCUT2D eigenvalue weighted by atomic mass is 19.1. The third-order valence-electron chi connectivity index (χ3n) is 7.01. The van der Waals surface area contributed by atoms with Crippen LogP contribution in [0, 0.1) is 5.82 Å². The number of carbonyl (C=O) groups excluding carboxylic acids is 2. The molecule has 0 saturated carbocycles. The van der Waals surface area contributed by atoms with Crippen molar-refractivity contribution in [3.63, 3.8) is 0 Å². The Morgan fingerprint density at radius 2 is 1.74 bits per heavy atom. The number of rotatable bonds is 6. The first-order chi connectivity index (χ1) is 15.1. The highest BCUT2D eigenvalue weighted by molar-refractivity contribution is 5.77. The van der Waals surface area contributed by atoms with Gasteiger partial charge in [-0.1, -0.05) is 0 Å². The lowest BCUT2D eigenvalue weighted by molar-refractivity contribution is -0.136. The van der Waals surface area contributed by atoms with E-state index in [1.807, 2.05) is 21.9 Å². The number of nitrogens with zero attached hydrogens (tertiary/aromatic N) is 4. The number of likely N-dealkylation sites (tertiary alicyclic amines) is 2. The molecule has 3 aliphatic rings. The van der Waals surface area contributed by atoms with Crippen molar-refractivity contribution in [2.75, 3.05) is 57.3 Å². The summed E-state index contributed by atoms with van der Waals surface area (Å²) in [6, 6.07) is 7.17. The van der Waals surface area contributed by atoms with Gasteiger partial charge in [-0.2, -0.15) is 0 Å². The van der Waals surface area contributed by atoms with E-state index in [4.69, 9.17) is 0 Å². The number of amides is 2. The van der Waals surface area contributed by atoms with Crippen LogP contribution < -0.4 is 4.90 Å². The van der Waals surface area contributed by atoms with E-state index in [9.17, 15) is 14.0 Å². The molecular formula is C24H35FN4O2. The van der Waals surface area contributed by atoms with Crippen molar-refractivity contribution in [3.8, 4) is 0 Å². The summed E-state index contributed by atoms with van der Waals surface area (Å²) < 4.78 is 13.2. The van der Waals surface area contributed by atoms with Gasteiger partial charge in [0.25, 0.3) is 0 Å². The molecule has 1 atom stereocenters. The normalized spacial score (nSPS) is 23.3. The van der Waals surface area contributed by atoms with Gasteiger partial charge in [-0.25, -0.2) is 4.39 Å². The first-order valence-electron chi connectivity index (χ1n) is 11.9. The lowest BCUT2D eigenvalue weighted by Crippen LogP contribution is -2.55. The minimum absolute atomic E-state index is 0.197. The maximum absolute atomic E-state index is 13.2. The smallest absolute Gasteiger partial charge is 0.222 e. The first kappa shape index (κ1) is 22.1. The summed E-state index contributed by atoms with van der Waals surface area (Å²) in [7, 11) is 0. The standard InChI is InChI=1S/C24H35FN4O2/c25-20-8-10-21(11-9-20)26-15-17-27(18-16-26)22-5-3-14-29(19-22)24(31)7-4-13-28-12-2-1-6-23(28)30/h8-11,22H,1-7,12-19H2. The maximum Gasteiger partial charge on any atom is 0.222 e. The monoisotopic (exact) mass is 430 g/mol. The zero-order chi connectivity index (χ0) is 21.6. The Kier molecular flexibility index (Phi) is 7.43. The Labute approximate surface area is 185 Å².